The Kier molecular flexibility index (Phi) is 9.42. The maximum atomic E-state index is 14.3. The Balaban J connectivity index is 1.97. The van der Waals surface area contributed by atoms with E-state index in [0.717, 1.165) is 4.57 Å². The van der Waals surface area contributed by atoms with Crippen LogP contribution in [0.25, 0.3) is 6.08 Å². The van der Waals surface area contributed by atoms with Crippen molar-refractivity contribution >= 4 is 41.0 Å². The van der Waals surface area contributed by atoms with E-state index in [1.807, 2.05) is 0 Å². The Morgan fingerprint density at radius 3 is 2.40 bits per heavy atom. The van der Waals surface area contributed by atoms with Crippen molar-refractivity contribution in [3.8, 4) is 11.5 Å². The van der Waals surface area contributed by atoms with E-state index in [-0.39, 0.29) is 39.6 Å². The molecule has 0 saturated heterocycles. The van der Waals surface area contributed by atoms with Gasteiger partial charge in [-0.2, -0.15) is 13.2 Å². The molecule has 0 aliphatic carbocycles. The van der Waals surface area contributed by atoms with Crippen molar-refractivity contribution in [3.63, 3.8) is 0 Å². The average molecular weight is 625 g/mol. The van der Waals surface area contributed by atoms with Crippen LogP contribution in [0.3, 0.4) is 0 Å². The minimum absolute atomic E-state index is 0.0198. The lowest BCUT2D eigenvalue weighted by Gasteiger charge is -2.26. The van der Waals surface area contributed by atoms with Gasteiger partial charge in [0.2, 0.25) is 0 Å². The first-order valence-electron chi connectivity index (χ1n) is 12.5. The fraction of sp³-hybridized carbons (Fsp3) is 0.286. The third kappa shape index (κ3) is 6.36. The normalized spacial score (nSPS) is 15.1. The third-order valence-electron chi connectivity index (χ3n) is 5.94. The molecule has 1 aliphatic heterocycles. The summed E-state index contributed by atoms with van der Waals surface area (Å²) in [5, 5.41) is 0.303. The Labute approximate surface area is 246 Å². The summed E-state index contributed by atoms with van der Waals surface area (Å²) in [5.41, 5.74) is -2.53. The van der Waals surface area contributed by atoms with E-state index < -0.39 is 47.6 Å². The number of alkyl halides is 3. The highest BCUT2D eigenvalue weighted by atomic mass is 35.5. The molecule has 0 bridgehead atoms. The molecule has 1 aliphatic rings. The molecule has 1 aromatic heterocycles. The van der Waals surface area contributed by atoms with Gasteiger partial charge in [-0.15, -0.1) is 0 Å². The van der Waals surface area contributed by atoms with E-state index in [2.05, 4.69) is 4.99 Å². The molecule has 9 nitrogen and oxygen atoms in total. The van der Waals surface area contributed by atoms with Crippen LogP contribution < -0.4 is 24.4 Å². The van der Waals surface area contributed by atoms with Crippen molar-refractivity contribution in [2.45, 2.75) is 26.1 Å². The maximum Gasteiger partial charge on any atom is 0.434 e. The molecule has 0 spiro atoms. The number of ether oxygens (including phenoxy) is 4. The van der Waals surface area contributed by atoms with Crippen molar-refractivity contribution in [2.75, 3.05) is 26.9 Å². The Bertz CT molecular complexity index is 1710. The van der Waals surface area contributed by atoms with Crippen molar-refractivity contribution in [2.24, 2.45) is 4.99 Å². The second-order valence-electron chi connectivity index (χ2n) is 8.59. The van der Waals surface area contributed by atoms with Crippen LogP contribution >= 0.6 is 22.9 Å². The highest BCUT2D eigenvalue weighted by molar-refractivity contribution is 7.07. The average Bonchev–Trinajstić information content (AvgIpc) is 3.26. The molecule has 222 valence electrons. The molecule has 3 aromatic rings. The number of carbonyl (C=O) groups is 2. The van der Waals surface area contributed by atoms with Gasteiger partial charge in [-0.25, -0.2) is 14.6 Å². The van der Waals surface area contributed by atoms with Gasteiger partial charge in [0, 0.05) is 10.6 Å². The summed E-state index contributed by atoms with van der Waals surface area (Å²) in [6.07, 6.45) is -3.66. The van der Waals surface area contributed by atoms with Gasteiger partial charge in [0.05, 0.1) is 36.5 Å². The molecule has 0 unspecified atom stereocenters. The highest BCUT2D eigenvalue weighted by Crippen LogP contribution is 2.38. The van der Waals surface area contributed by atoms with E-state index >= 15 is 0 Å². The topological polar surface area (TPSA) is 105 Å². The van der Waals surface area contributed by atoms with Crippen LogP contribution in [0.4, 0.5) is 13.2 Å². The second-order valence-corrected chi connectivity index (χ2v) is 10.0. The lowest BCUT2D eigenvalue weighted by molar-refractivity contribution is -0.145. The van der Waals surface area contributed by atoms with Gasteiger partial charge in [0.25, 0.3) is 5.56 Å². The number of methoxy groups -OCH3 is 1. The van der Waals surface area contributed by atoms with Crippen LogP contribution in [0, 0.1) is 0 Å². The van der Waals surface area contributed by atoms with Crippen molar-refractivity contribution < 1.29 is 41.7 Å². The lowest BCUT2D eigenvalue weighted by atomic mass is 9.95. The molecule has 4 rings (SSSR count). The number of nitrogens with zero attached hydrogens (tertiary/aromatic N) is 2. The fourth-order valence-electron chi connectivity index (χ4n) is 4.24. The summed E-state index contributed by atoms with van der Waals surface area (Å²) in [4.78, 5) is 42.1. The Morgan fingerprint density at radius 2 is 1.79 bits per heavy atom. The summed E-state index contributed by atoms with van der Waals surface area (Å²) >= 11 is 6.69. The van der Waals surface area contributed by atoms with E-state index in [9.17, 15) is 27.6 Å². The first kappa shape index (κ1) is 30.8. The van der Waals surface area contributed by atoms with Gasteiger partial charge in [-0.1, -0.05) is 47.2 Å². The number of hydrogen-bond donors (Lipinski definition) is 0. The van der Waals surface area contributed by atoms with E-state index in [1.54, 1.807) is 25.1 Å². The summed E-state index contributed by atoms with van der Waals surface area (Å²) in [5.74, 6) is -1.55. The smallest absolute Gasteiger partial charge is 0.434 e. The molecule has 14 heteroatoms. The predicted octanol–water partition coefficient (Wildman–Crippen LogP) is 3.94. The number of hydrogen-bond acceptors (Lipinski definition) is 9. The second kappa shape index (κ2) is 12.8. The molecule has 0 amide bonds. The molecular weight excluding hydrogens is 601 g/mol. The zero-order valence-electron chi connectivity index (χ0n) is 22.5. The molecule has 0 fully saturated rings. The summed E-state index contributed by atoms with van der Waals surface area (Å²) in [6, 6.07) is 8.96. The number of para-hydroxylation sites is 1. The largest absolute Gasteiger partial charge is 0.493 e. The van der Waals surface area contributed by atoms with E-state index in [1.165, 1.54) is 44.4 Å². The van der Waals surface area contributed by atoms with Crippen LogP contribution in [0.5, 0.6) is 11.5 Å². The lowest BCUT2D eigenvalue weighted by Crippen LogP contribution is -2.41. The zero-order chi connectivity index (χ0) is 30.6. The minimum atomic E-state index is -5.04. The number of benzene rings is 2. The number of halogens is 4. The van der Waals surface area contributed by atoms with Crippen LogP contribution in [0.1, 0.15) is 31.0 Å². The molecule has 0 saturated carbocycles. The summed E-state index contributed by atoms with van der Waals surface area (Å²) in [7, 11) is 1.38. The quantitative estimate of drug-likeness (QED) is 0.332. The van der Waals surface area contributed by atoms with Crippen LogP contribution in [-0.2, 0) is 19.1 Å². The van der Waals surface area contributed by atoms with Crippen LogP contribution in [0.15, 0.2) is 63.5 Å². The van der Waals surface area contributed by atoms with Gasteiger partial charge in [-0.05, 0) is 43.7 Å². The number of allylic oxidation sites excluding steroid dienone is 1. The number of fused-ring (bicyclic) bond motifs is 1. The number of thiazole rings is 1. The van der Waals surface area contributed by atoms with Crippen LogP contribution in [-0.4, -0.2) is 49.6 Å². The molecule has 0 radical (unpaired) electrons. The standard InChI is InChI=1S/C28H24ClF3N2O7S/c1-4-39-20(35)14-41-23-16(7-6-8-18(23)38-3)13-19-25(36)34-22(15-9-11-17(29)12-10-15)21(26(37)40-5-2)24(28(30,31)32)33-27(34)42-19/h6-13,22H,4-5,14H2,1-3H3/b19-13-/t22-/m0/s1. The Hall–Kier alpha value is -4.10. The van der Waals surface area contributed by atoms with Gasteiger partial charge in [0.15, 0.2) is 28.6 Å². The van der Waals surface area contributed by atoms with Crippen LogP contribution in [0.2, 0.25) is 5.02 Å². The zero-order valence-corrected chi connectivity index (χ0v) is 24.1. The summed E-state index contributed by atoms with van der Waals surface area (Å²) < 4.78 is 64.7. The monoisotopic (exact) mass is 624 g/mol. The molecule has 1 atom stereocenters. The molecule has 0 N–H and O–H groups in total. The highest BCUT2D eigenvalue weighted by Gasteiger charge is 2.45. The number of aromatic nitrogens is 1. The number of esters is 2. The van der Waals surface area contributed by atoms with Crippen molar-refractivity contribution in [1.82, 2.24) is 4.57 Å². The SMILES string of the molecule is CCOC(=O)COc1c(/C=c2\sc3n(c2=O)[C@@H](c2ccc(Cl)cc2)C(C(=O)OCC)=C(C(F)(F)F)N=3)cccc1OC. The van der Waals surface area contributed by atoms with Gasteiger partial charge in [-0.3, -0.25) is 9.36 Å². The third-order valence-corrected chi connectivity index (χ3v) is 7.17. The van der Waals surface area contributed by atoms with Gasteiger partial charge >= 0.3 is 18.1 Å². The number of rotatable bonds is 9. The Morgan fingerprint density at radius 1 is 1.10 bits per heavy atom. The maximum absolute atomic E-state index is 14.3. The minimum Gasteiger partial charge on any atom is -0.493 e. The fourth-order valence-corrected chi connectivity index (χ4v) is 5.36. The van der Waals surface area contributed by atoms with E-state index in [4.69, 9.17) is 30.5 Å². The van der Waals surface area contributed by atoms with Gasteiger partial charge < -0.3 is 18.9 Å². The molecular formula is C28H24ClF3N2O7S. The van der Waals surface area contributed by atoms with E-state index in [0.29, 0.717) is 21.9 Å². The summed E-state index contributed by atoms with van der Waals surface area (Å²) in [6.45, 7) is 2.58. The first-order chi connectivity index (χ1) is 20.0. The predicted molar refractivity (Wildman–Crippen MR) is 147 cm³/mol. The molecule has 42 heavy (non-hydrogen) atoms. The van der Waals surface area contributed by atoms with Gasteiger partial charge in [0.1, 0.15) is 0 Å². The first-order valence-corrected chi connectivity index (χ1v) is 13.7. The molecule has 2 aromatic carbocycles. The number of carbonyl (C=O) groups excluding carboxylic acids is 2. The molecule has 2 heterocycles. The van der Waals surface area contributed by atoms with Crippen molar-refractivity contribution in [1.29, 1.82) is 0 Å². The van der Waals surface area contributed by atoms with Crippen molar-refractivity contribution in [3.05, 3.63) is 89.6 Å².